The molecule has 0 bridgehead atoms. The normalized spacial score (nSPS) is 28.7. The SMILES string of the molecule is CCNC(CC(C)(C)C)C1CCOC2(CCCC2)C1. The van der Waals surface area contributed by atoms with E-state index in [2.05, 4.69) is 33.0 Å². The molecule has 2 unspecified atom stereocenters. The average molecular weight is 267 g/mol. The summed E-state index contributed by atoms with van der Waals surface area (Å²) in [6.45, 7) is 11.4. The zero-order valence-electron chi connectivity index (χ0n) is 13.4. The Morgan fingerprint density at radius 3 is 2.53 bits per heavy atom. The summed E-state index contributed by atoms with van der Waals surface area (Å²) in [5.41, 5.74) is 0.669. The Hall–Kier alpha value is -0.0800. The molecule has 0 radical (unpaired) electrons. The van der Waals surface area contributed by atoms with Crippen molar-refractivity contribution < 1.29 is 4.74 Å². The molecule has 0 aromatic rings. The van der Waals surface area contributed by atoms with E-state index < -0.39 is 0 Å². The van der Waals surface area contributed by atoms with E-state index in [4.69, 9.17) is 4.74 Å². The van der Waals surface area contributed by atoms with E-state index in [1.165, 1.54) is 44.9 Å². The Kier molecular flexibility index (Phi) is 4.94. The predicted molar refractivity (Wildman–Crippen MR) is 81.4 cm³/mol. The van der Waals surface area contributed by atoms with Crippen LogP contribution < -0.4 is 5.32 Å². The molecule has 1 aliphatic heterocycles. The fourth-order valence-corrected chi connectivity index (χ4v) is 4.10. The van der Waals surface area contributed by atoms with Crippen LogP contribution in [-0.4, -0.2) is 24.8 Å². The van der Waals surface area contributed by atoms with Crippen LogP contribution in [0.25, 0.3) is 0 Å². The second-order valence-corrected chi connectivity index (χ2v) is 7.92. The minimum Gasteiger partial charge on any atom is -0.375 e. The lowest BCUT2D eigenvalue weighted by Crippen LogP contribution is -2.47. The van der Waals surface area contributed by atoms with Gasteiger partial charge >= 0.3 is 0 Å². The maximum absolute atomic E-state index is 6.19. The van der Waals surface area contributed by atoms with Crippen molar-refractivity contribution in [2.45, 2.75) is 84.3 Å². The molecule has 19 heavy (non-hydrogen) atoms. The molecule has 2 fully saturated rings. The van der Waals surface area contributed by atoms with Crippen LogP contribution in [0.15, 0.2) is 0 Å². The third kappa shape index (κ3) is 4.19. The van der Waals surface area contributed by atoms with Crippen LogP contribution >= 0.6 is 0 Å². The monoisotopic (exact) mass is 267 g/mol. The zero-order valence-corrected chi connectivity index (χ0v) is 13.4. The van der Waals surface area contributed by atoms with Crippen LogP contribution in [0.1, 0.15) is 72.6 Å². The topological polar surface area (TPSA) is 21.3 Å². The number of nitrogens with one attached hydrogen (secondary N) is 1. The van der Waals surface area contributed by atoms with Crippen LogP contribution in [0.4, 0.5) is 0 Å². The lowest BCUT2D eigenvalue weighted by atomic mass is 9.75. The van der Waals surface area contributed by atoms with Gasteiger partial charge in [-0.25, -0.2) is 0 Å². The summed E-state index contributed by atoms with van der Waals surface area (Å²) in [7, 11) is 0. The molecule has 1 N–H and O–H groups in total. The van der Waals surface area contributed by atoms with Gasteiger partial charge in [-0.1, -0.05) is 40.5 Å². The maximum Gasteiger partial charge on any atom is 0.0685 e. The Bertz CT molecular complexity index is 275. The smallest absolute Gasteiger partial charge is 0.0685 e. The Labute approximate surface area is 119 Å². The zero-order chi connectivity index (χ0) is 13.9. The van der Waals surface area contributed by atoms with Crippen LogP contribution in [0.5, 0.6) is 0 Å². The Morgan fingerprint density at radius 1 is 1.26 bits per heavy atom. The van der Waals surface area contributed by atoms with E-state index in [0.29, 0.717) is 11.5 Å². The fraction of sp³-hybridized carbons (Fsp3) is 1.00. The van der Waals surface area contributed by atoms with E-state index in [1.54, 1.807) is 0 Å². The molecule has 1 saturated carbocycles. The third-order valence-corrected chi connectivity index (χ3v) is 4.91. The van der Waals surface area contributed by atoms with Gasteiger partial charge in [0.15, 0.2) is 0 Å². The summed E-state index contributed by atoms with van der Waals surface area (Å²) in [4.78, 5) is 0. The first kappa shape index (κ1) is 15.3. The minimum absolute atomic E-state index is 0.258. The molecule has 2 rings (SSSR count). The van der Waals surface area contributed by atoms with Gasteiger partial charge in [0.05, 0.1) is 5.60 Å². The molecule has 0 aromatic heterocycles. The van der Waals surface area contributed by atoms with Crippen LogP contribution in [0.3, 0.4) is 0 Å². The highest BCUT2D eigenvalue weighted by Gasteiger charge is 2.42. The molecule has 0 aromatic carbocycles. The van der Waals surface area contributed by atoms with Gasteiger partial charge in [0.25, 0.3) is 0 Å². The van der Waals surface area contributed by atoms with Gasteiger partial charge in [-0.05, 0) is 50.0 Å². The standard InChI is InChI=1S/C17H33NO/c1-5-18-15(13-16(2,3)4)14-8-11-19-17(12-14)9-6-7-10-17/h14-15,18H,5-13H2,1-4H3. The molecule has 1 saturated heterocycles. The highest BCUT2D eigenvalue weighted by molar-refractivity contribution is 4.95. The highest BCUT2D eigenvalue weighted by atomic mass is 16.5. The predicted octanol–water partition coefficient (Wildman–Crippen LogP) is 4.14. The lowest BCUT2D eigenvalue weighted by Gasteiger charge is -2.43. The molecule has 112 valence electrons. The van der Waals surface area contributed by atoms with Crippen molar-refractivity contribution in [3.8, 4) is 0 Å². The van der Waals surface area contributed by atoms with Gasteiger partial charge in [0, 0.05) is 12.6 Å². The second-order valence-electron chi connectivity index (χ2n) is 7.92. The first-order valence-electron chi connectivity index (χ1n) is 8.31. The van der Waals surface area contributed by atoms with Gasteiger partial charge < -0.3 is 10.1 Å². The molecule has 1 heterocycles. The fourth-order valence-electron chi connectivity index (χ4n) is 4.10. The second kappa shape index (κ2) is 6.13. The maximum atomic E-state index is 6.19. The highest BCUT2D eigenvalue weighted by Crippen LogP contribution is 2.43. The molecule has 2 heteroatoms. The van der Waals surface area contributed by atoms with E-state index in [1.807, 2.05) is 0 Å². The van der Waals surface area contributed by atoms with Gasteiger partial charge in [-0.15, -0.1) is 0 Å². The van der Waals surface area contributed by atoms with E-state index in [0.717, 1.165) is 19.1 Å². The Morgan fingerprint density at radius 2 is 1.95 bits per heavy atom. The summed E-state index contributed by atoms with van der Waals surface area (Å²) in [5.74, 6) is 0.811. The van der Waals surface area contributed by atoms with Crippen molar-refractivity contribution in [1.29, 1.82) is 0 Å². The van der Waals surface area contributed by atoms with E-state index in [9.17, 15) is 0 Å². The third-order valence-electron chi connectivity index (χ3n) is 4.91. The van der Waals surface area contributed by atoms with Crippen molar-refractivity contribution in [3.63, 3.8) is 0 Å². The molecule has 2 aliphatic rings. The molecule has 2 atom stereocenters. The minimum atomic E-state index is 0.258. The average Bonchev–Trinajstić information content (AvgIpc) is 2.75. The summed E-state index contributed by atoms with van der Waals surface area (Å²) < 4.78 is 6.19. The van der Waals surface area contributed by atoms with Gasteiger partial charge in [0.2, 0.25) is 0 Å². The first-order chi connectivity index (χ1) is 8.94. The van der Waals surface area contributed by atoms with Crippen molar-refractivity contribution >= 4 is 0 Å². The molecule has 1 aliphatic carbocycles. The molecular formula is C17H33NO. The largest absolute Gasteiger partial charge is 0.375 e. The van der Waals surface area contributed by atoms with Crippen molar-refractivity contribution in [2.75, 3.05) is 13.2 Å². The van der Waals surface area contributed by atoms with Gasteiger partial charge in [-0.2, -0.15) is 0 Å². The van der Waals surface area contributed by atoms with E-state index in [-0.39, 0.29) is 5.60 Å². The number of ether oxygens (including phenoxy) is 1. The number of hydrogen-bond donors (Lipinski definition) is 1. The molecule has 2 nitrogen and oxygen atoms in total. The van der Waals surface area contributed by atoms with E-state index >= 15 is 0 Å². The summed E-state index contributed by atoms with van der Waals surface area (Å²) in [5, 5.41) is 3.76. The summed E-state index contributed by atoms with van der Waals surface area (Å²) in [6, 6.07) is 0.673. The van der Waals surface area contributed by atoms with Crippen LogP contribution in [-0.2, 0) is 4.74 Å². The van der Waals surface area contributed by atoms with Crippen molar-refractivity contribution in [3.05, 3.63) is 0 Å². The summed E-state index contributed by atoms with van der Waals surface area (Å²) >= 11 is 0. The van der Waals surface area contributed by atoms with Gasteiger partial charge in [-0.3, -0.25) is 0 Å². The van der Waals surface area contributed by atoms with Crippen molar-refractivity contribution in [1.82, 2.24) is 5.32 Å². The molecule has 0 amide bonds. The van der Waals surface area contributed by atoms with Crippen molar-refractivity contribution in [2.24, 2.45) is 11.3 Å². The summed E-state index contributed by atoms with van der Waals surface area (Å²) in [6.07, 6.45) is 9.17. The van der Waals surface area contributed by atoms with Crippen LogP contribution in [0, 0.1) is 11.3 Å². The lowest BCUT2D eigenvalue weighted by molar-refractivity contribution is -0.0994. The number of rotatable bonds is 4. The van der Waals surface area contributed by atoms with Crippen LogP contribution in [0.2, 0.25) is 0 Å². The first-order valence-corrected chi connectivity index (χ1v) is 8.31. The number of hydrogen-bond acceptors (Lipinski definition) is 2. The molecular weight excluding hydrogens is 234 g/mol. The van der Waals surface area contributed by atoms with Gasteiger partial charge in [0.1, 0.15) is 0 Å². The quantitative estimate of drug-likeness (QED) is 0.826. The molecule has 1 spiro atoms. The Balaban J connectivity index is 1.99.